The van der Waals surface area contributed by atoms with E-state index in [0.29, 0.717) is 5.92 Å². The highest BCUT2D eigenvalue weighted by atomic mass is 32.1. The van der Waals surface area contributed by atoms with Gasteiger partial charge in [-0.05, 0) is 49.2 Å². The van der Waals surface area contributed by atoms with Gasteiger partial charge < -0.3 is 10.3 Å². The smallest absolute Gasteiger partial charge is 0.109 e. The van der Waals surface area contributed by atoms with Crippen molar-refractivity contribution in [3.63, 3.8) is 0 Å². The molecule has 124 valence electrons. The van der Waals surface area contributed by atoms with Crippen molar-refractivity contribution in [1.29, 1.82) is 0 Å². The molecule has 1 aromatic heterocycles. The molecule has 1 aliphatic rings. The summed E-state index contributed by atoms with van der Waals surface area (Å²) in [6.07, 6.45) is 6.16. The van der Waals surface area contributed by atoms with Gasteiger partial charge >= 0.3 is 0 Å². The van der Waals surface area contributed by atoms with Gasteiger partial charge in [0.15, 0.2) is 0 Å². The zero-order valence-electron chi connectivity index (χ0n) is 13.7. The number of thiol groups is 1. The third-order valence-corrected chi connectivity index (χ3v) is 4.52. The maximum Gasteiger partial charge on any atom is 0.109 e. The van der Waals surface area contributed by atoms with Crippen LogP contribution >= 0.6 is 12.6 Å². The van der Waals surface area contributed by atoms with E-state index in [9.17, 15) is 0 Å². The van der Waals surface area contributed by atoms with Gasteiger partial charge in [-0.1, -0.05) is 42.5 Å². The van der Waals surface area contributed by atoms with Crippen molar-refractivity contribution < 1.29 is 0 Å². The first-order valence-electron chi connectivity index (χ1n) is 8.37. The number of H-pyrrole nitrogens is 1. The van der Waals surface area contributed by atoms with Crippen molar-refractivity contribution in [2.45, 2.75) is 23.7 Å². The number of piperidine rings is 1. The molecule has 3 aromatic rings. The number of aromatic nitrogens is 2. The van der Waals surface area contributed by atoms with Crippen LogP contribution in [0.3, 0.4) is 0 Å². The molecule has 2 aromatic carbocycles. The standard InChI is InChI=1S/C12H10S.C8H13N3/c13-12-8-6-11(7-9-12)10-4-2-1-3-5-10;1-3-9-4-2-7(1)8-10-5-6-11-8/h1-9,13H;5-7,9H,1-4H2,(H,10,11). The molecule has 4 rings (SSSR count). The monoisotopic (exact) mass is 337 g/mol. The van der Waals surface area contributed by atoms with E-state index in [0.717, 1.165) is 23.8 Å². The first kappa shape index (κ1) is 16.8. The number of hydrogen-bond acceptors (Lipinski definition) is 3. The molecule has 1 fully saturated rings. The molecule has 0 unspecified atom stereocenters. The summed E-state index contributed by atoms with van der Waals surface area (Å²) < 4.78 is 0. The fourth-order valence-electron chi connectivity index (χ4n) is 2.88. The normalized spacial score (nSPS) is 14.7. The lowest BCUT2D eigenvalue weighted by atomic mass is 9.98. The molecule has 0 spiro atoms. The minimum absolute atomic E-state index is 0.659. The van der Waals surface area contributed by atoms with E-state index >= 15 is 0 Å². The molecule has 0 aliphatic carbocycles. The number of nitrogens with one attached hydrogen (secondary N) is 2. The SMILES string of the molecule is Sc1ccc(-c2ccccc2)cc1.c1c[nH]c(C2CCNCC2)n1. The Kier molecular flexibility index (Phi) is 6.10. The average molecular weight is 337 g/mol. The Morgan fingerprint density at radius 2 is 1.54 bits per heavy atom. The Hall–Kier alpha value is -2.04. The van der Waals surface area contributed by atoms with Crippen molar-refractivity contribution >= 4 is 12.6 Å². The summed E-state index contributed by atoms with van der Waals surface area (Å²) in [5.74, 6) is 1.82. The number of aromatic amines is 1. The maximum atomic E-state index is 4.26. The molecule has 4 heteroatoms. The van der Waals surface area contributed by atoms with E-state index in [1.807, 2.05) is 42.7 Å². The molecule has 0 bridgehead atoms. The first-order chi connectivity index (χ1) is 11.8. The second kappa shape index (κ2) is 8.71. The average Bonchev–Trinajstić information content (AvgIpc) is 3.19. The van der Waals surface area contributed by atoms with Crippen LogP contribution in [0.15, 0.2) is 71.9 Å². The van der Waals surface area contributed by atoms with Crippen LogP contribution in [-0.4, -0.2) is 23.1 Å². The van der Waals surface area contributed by atoms with Gasteiger partial charge in [0.2, 0.25) is 0 Å². The van der Waals surface area contributed by atoms with Crippen LogP contribution in [0.1, 0.15) is 24.6 Å². The van der Waals surface area contributed by atoms with E-state index in [1.54, 1.807) is 0 Å². The van der Waals surface area contributed by atoms with E-state index in [4.69, 9.17) is 0 Å². The van der Waals surface area contributed by atoms with Crippen LogP contribution in [0.4, 0.5) is 0 Å². The number of nitrogens with zero attached hydrogens (tertiary/aromatic N) is 1. The summed E-state index contributed by atoms with van der Waals surface area (Å²) in [6.45, 7) is 2.26. The van der Waals surface area contributed by atoms with E-state index in [1.165, 1.54) is 24.0 Å². The van der Waals surface area contributed by atoms with Gasteiger partial charge in [-0.3, -0.25) is 0 Å². The van der Waals surface area contributed by atoms with Crippen molar-refractivity contribution in [3.05, 3.63) is 72.8 Å². The van der Waals surface area contributed by atoms with Crippen molar-refractivity contribution in [2.75, 3.05) is 13.1 Å². The number of rotatable bonds is 2. The van der Waals surface area contributed by atoms with Gasteiger partial charge in [-0.15, -0.1) is 12.6 Å². The summed E-state index contributed by atoms with van der Waals surface area (Å²) >= 11 is 4.24. The van der Waals surface area contributed by atoms with E-state index in [2.05, 4.69) is 52.2 Å². The zero-order valence-corrected chi connectivity index (χ0v) is 14.5. The Morgan fingerprint density at radius 1 is 0.875 bits per heavy atom. The van der Waals surface area contributed by atoms with Crippen LogP contribution < -0.4 is 5.32 Å². The van der Waals surface area contributed by atoms with Crippen LogP contribution in [0.2, 0.25) is 0 Å². The lowest BCUT2D eigenvalue weighted by Gasteiger charge is -2.20. The van der Waals surface area contributed by atoms with Gasteiger partial charge in [-0.2, -0.15) is 0 Å². The third kappa shape index (κ3) is 4.73. The lowest BCUT2D eigenvalue weighted by Crippen LogP contribution is -2.27. The summed E-state index contributed by atoms with van der Waals surface area (Å²) in [6, 6.07) is 18.5. The molecule has 3 nitrogen and oxygen atoms in total. The van der Waals surface area contributed by atoms with E-state index < -0.39 is 0 Å². The van der Waals surface area contributed by atoms with Crippen molar-refractivity contribution in [3.8, 4) is 11.1 Å². The molecule has 0 atom stereocenters. The zero-order chi connectivity index (χ0) is 16.6. The second-order valence-corrected chi connectivity index (χ2v) is 6.43. The maximum absolute atomic E-state index is 4.26. The highest BCUT2D eigenvalue weighted by Gasteiger charge is 2.16. The fourth-order valence-corrected chi connectivity index (χ4v) is 3.03. The molecule has 0 saturated carbocycles. The van der Waals surface area contributed by atoms with Gasteiger partial charge in [0.05, 0.1) is 0 Å². The van der Waals surface area contributed by atoms with Gasteiger partial charge in [0.1, 0.15) is 5.82 Å². The third-order valence-electron chi connectivity index (χ3n) is 4.22. The van der Waals surface area contributed by atoms with Gasteiger partial charge in [-0.25, -0.2) is 4.98 Å². The van der Waals surface area contributed by atoms with E-state index in [-0.39, 0.29) is 0 Å². The minimum atomic E-state index is 0.659. The Morgan fingerprint density at radius 3 is 2.17 bits per heavy atom. The first-order valence-corrected chi connectivity index (χ1v) is 8.82. The molecular formula is C20H23N3S. The number of benzene rings is 2. The number of hydrogen-bond donors (Lipinski definition) is 3. The van der Waals surface area contributed by atoms with Crippen LogP contribution in [0.25, 0.3) is 11.1 Å². The van der Waals surface area contributed by atoms with Gasteiger partial charge in [0, 0.05) is 23.2 Å². The molecular weight excluding hydrogens is 314 g/mol. The van der Waals surface area contributed by atoms with Crippen molar-refractivity contribution in [2.24, 2.45) is 0 Å². The summed E-state index contributed by atoms with van der Waals surface area (Å²) in [7, 11) is 0. The molecule has 1 aliphatic heterocycles. The van der Waals surface area contributed by atoms with Crippen LogP contribution in [0, 0.1) is 0 Å². The fraction of sp³-hybridized carbons (Fsp3) is 0.250. The van der Waals surface area contributed by atoms with Crippen LogP contribution in [0.5, 0.6) is 0 Å². The highest BCUT2D eigenvalue weighted by molar-refractivity contribution is 7.80. The molecule has 0 amide bonds. The predicted molar refractivity (Wildman–Crippen MR) is 103 cm³/mol. The molecule has 24 heavy (non-hydrogen) atoms. The van der Waals surface area contributed by atoms with Crippen molar-refractivity contribution in [1.82, 2.24) is 15.3 Å². The minimum Gasteiger partial charge on any atom is -0.348 e. The topological polar surface area (TPSA) is 40.7 Å². The molecule has 1 saturated heterocycles. The Balaban J connectivity index is 0.000000143. The molecule has 2 N–H and O–H groups in total. The molecule has 0 radical (unpaired) electrons. The summed E-state index contributed by atoms with van der Waals surface area (Å²) in [5.41, 5.74) is 2.48. The van der Waals surface area contributed by atoms with Crippen LogP contribution in [-0.2, 0) is 0 Å². The Labute approximate surface area is 149 Å². The summed E-state index contributed by atoms with van der Waals surface area (Å²) in [4.78, 5) is 8.42. The quantitative estimate of drug-likeness (QED) is 0.602. The number of imidazole rings is 1. The highest BCUT2D eigenvalue weighted by Crippen LogP contribution is 2.21. The lowest BCUT2D eigenvalue weighted by molar-refractivity contribution is 0.447. The van der Waals surface area contributed by atoms with Gasteiger partial charge in [0.25, 0.3) is 0 Å². The Bertz CT molecular complexity index is 702. The molecule has 2 heterocycles. The second-order valence-electron chi connectivity index (χ2n) is 5.91. The largest absolute Gasteiger partial charge is 0.348 e. The predicted octanol–water partition coefficient (Wildman–Crippen LogP) is 4.52. The summed E-state index contributed by atoms with van der Waals surface area (Å²) in [5, 5.41) is 3.33.